The molecule has 0 aliphatic carbocycles. The third-order valence-electron chi connectivity index (χ3n) is 3.28. The van der Waals surface area contributed by atoms with E-state index < -0.39 is 0 Å². The number of benzene rings is 1. The van der Waals surface area contributed by atoms with Crippen molar-refractivity contribution < 1.29 is 9.59 Å². The van der Waals surface area contributed by atoms with Crippen LogP contribution in [0.15, 0.2) is 30.3 Å². The molecule has 2 nitrogen and oxygen atoms in total. The molecule has 3 heteroatoms. The van der Waals surface area contributed by atoms with Crippen molar-refractivity contribution in [3.8, 4) is 0 Å². The lowest BCUT2D eigenvalue weighted by Gasteiger charge is -2.14. The minimum atomic E-state index is 0.154. The molecule has 1 rings (SSSR count). The van der Waals surface area contributed by atoms with E-state index >= 15 is 0 Å². The average Bonchev–Trinajstić information content (AvgIpc) is 2.50. The van der Waals surface area contributed by atoms with E-state index in [-0.39, 0.29) is 11.0 Å². The van der Waals surface area contributed by atoms with Gasteiger partial charge in [0.15, 0.2) is 5.78 Å². The van der Waals surface area contributed by atoms with E-state index in [0.29, 0.717) is 24.4 Å². The van der Waals surface area contributed by atoms with Crippen LogP contribution in [0.3, 0.4) is 0 Å². The van der Waals surface area contributed by atoms with E-state index in [9.17, 15) is 9.59 Å². The van der Waals surface area contributed by atoms with E-state index in [4.69, 9.17) is 0 Å². The van der Waals surface area contributed by atoms with Gasteiger partial charge in [-0.25, -0.2) is 0 Å². The van der Waals surface area contributed by atoms with Crippen molar-refractivity contribution in [2.45, 2.75) is 51.2 Å². The number of carbonyl (C=O) groups is 2. The zero-order chi connectivity index (χ0) is 14.8. The normalized spacial score (nSPS) is 12.1. The Morgan fingerprint density at radius 1 is 1.15 bits per heavy atom. The molecule has 0 heterocycles. The van der Waals surface area contributed by atoms with Crippen LogP contribution in [0.4, 0.5) is 0 Å². The average molecular weight is 292 g/mol. The highest BCUT2D eigenvalue weighted by Crippen LogP contribution is 2.22. The molecule has 0 spiro atoms. The Labute approximate surface area is 126 Å². The molecule has 0 saturated carbocycles. The summed E-state index contributed by atoms with van der Waals surface area (Å²) in [5.74, 6) is 0.918. The molecule has 0 N–H and O–H groups in total. The summed E-state index contributed by atoms with van der Waals surface area (Å²) < 4.78 is 0. The zero-order valence-electron chi connectivity index (χ0n) is 12.4. The summed E-state index contributed by atoms with van der Waals surface area (Å²) >= 11 is 1.64. The largest absolute Gasteiger partial charge is 0.300 e. The number of unbranched alkanes of at least 4 members (excludes halogenated alkanes) is 1. The molecule has 1 aromatic rings. The molecule has 0 bridgehead atoms. The van der Waals surface area contributed by atoms with E-state index in [1.807, 2.05) is 37.3 Å². The molecule has 1 unspecified atom stereocenters. The lowest BCUT2D eigenvalue weighted by molar-refractivity contribution is -0.118. The number of rotatable bonds is 10. The van der Waals surface area contributed by atoms with Crippen LogP contribution in [0.2, 0.25) is 0 Å². The van der Waals surface area contributed by atoms with Crippen molar-refractivity contribution in [1.29, 1.82) is 0 Å². The number of thioether (sulfide) groups is 1. The smallest absolute Gasteiger partial charge is 0.172 e. The maximum atomic E-state index is 12.1. The van der Waals surface area contributed by atoms with Crippen LogP contribution >= 0.6 is 11.8 Å². The zero-order valence-corrected chi connectivity index (χ0v) is 13.2. The molecule has 0 fully saturated rings. The predicted octanol–water partition coefficient (Wildman–Crippen LogP) is 4.53. The number of hydrogen-bond acceptors (Lipinski definition) is 3. The lowest BCUT2D eigenvalue weighted by Crippen LogP contribution is -2.13. The first-order valence-electron chi connectivity index (χ1n) is 7.38. The Balaban J connectivity index is 2.48. The van der Waals surface area contributed by atoms with Gasteiger partial charge in [0.05, 0.1) is 5.75 Å². The van der Waals surface area contributed by atoms with Crippen molar-refractivity contribution in [2.75, 3.05) is 5.75 Å². The van der Waals surface area contributed by atoms with Crippen LogP contribution in [0.5, 0.6) is 0 Å². The first kappa shape index (κ1) is 17.0. The van der Waals surface area contributed by atoms with Crippen LogP contribution in [0, 0.1) is 0 Å². The SMILES string of the molecule is CCCCC(CC(=O)CC)SCC(=O)c1ccccc1. The summed E-state index contributed by atoms with van der Waals surface area (Å²) in [7, 11) is 0. The summed E-state index contributed by atoms with van der Waals surface area (Å²) in [6.45, 7) is 4.05. The highest BCUT2D eigenvalue weighted by atomic mass is 32.2. The number of carbonyl (C=O) groups excluding carboxylic acids is 2. The van der Waals surface area contributed by atoms with Gasteiger partial charge in [0.2, 0.25) is 0 Å². The van der Waals surface area contributed by atoms with Crippen molar-refractivity contribution in [1.82, 2.24) is 0 Å². The third-order valence-corrected chi connectivity index (χ3v) is 4.58. The Morgan fingerprint density at radius 3 is 2.45 bits per heavy atom. The van der Waals surface area contributed by atoms with Gasteiger partial charge in [0, 0.05) is 23.7 Å². The number of hydrogen-bond donors (Lipinski definition) is 0. The lowest BCUT2D eigenvalue weighted by atomic mass is 10.1. The van der Waals surface area contributed by atoms with Gasteiger partial charge in [-0.1, -0.05) is 57.0 Å². The second kappa shape index (κ2) is 9.76. The molecular formula is C17H24O2S. The fraction of sp³-hybridized carbons (Fsp3) is 0.529. The van der Waals surface area contributed by atoms with Crippen LogP contribution in [-0.4, -0.2) is 22.6 Å². The monoisotopic (exact) mass is 292 g/mol. The van der Waals surface area contributed by atoms with E-state index in [0.717, 1.165) is 24.8 Å². The first-order chi connectivity index (χ1) is 9.67. The Kier molecular flexibility index (Phi) is 8.28. The van der Waals surface area contributed by atoms with Gasteiger partial charge in [0.25, 0.3) is 0 Å². The quantitative estimate of drug-likeness (QED) is 0.594. The highest BCUT2D eigenvalue weighted by Gasteiger charge is 2.15. The fourth-order valence-corrected chi connectivity index (χ4v) is 3.17. The molecular weight excluding hydrogens is 268 g/mol. The van der Waals surface area contributed by atoms with Crippen LogP contribution in [0.1, 0.15) is 56.3 Å². The first-order valence-corrected chi connectivity index (χ1v) is 8.43. The summed E-state index contributed by atoms with van der Waals surface area (Å²) in [6, 6.07) is 9.37. The van der Waals surface area contributed by atoms with Gasteiger partial charge in [-0.15, -0.1) is 11.8 Å². The van der Waals surface area contributed by atoms with Crippen molar-refractivity contribution >= 4 is 23.3 Å². The Hall–Kier alpha value is -1.09. The Bertz CT molecular complexity index is 414. The second-order valence-corrected chi connectivity index (χ2v) is 6.25. The second-order valence-electron chi connectivity index (χ2n) is 4.96. The maximum Gasteiger partial charge on any atom is 0.172 e. The summed E-state index contributed by atoms with van der Waals surface area (Å²) in [5.41, 5.74) is 0.760. The van der Waals surface area contributed by atoms with Gasteiger partial charge in [-0.05, 0) is 6.42 Å². The molecule has 20 heavy (non-hydrogen) atoms. The molecule has 110 valence electrons. The minimum Gasteiger partial charge on any atom is -0.300 e. The third kappa shape index (κ3) is 6.38. The molecule has 0 aliphatic rings. The maximum absolute atomic E-state index is 12.1. The standard InChI is InChI=1S/C17H24O2S/c1-3-5-11-16(12-15(18)4-2)20-13-17(19)14-9-7-6-8-10-14/h6-10,16H,3-5,11-13H2,1-2H3. The summed E-state index contributed by atoms with van der Waals surface area (Å²) in [4.78, 5) is 23.7. The van der Waals surface area contributed by atoms with Gasteiger partial charge in [-0.2, -0.15) is 0 Å². The van der Waals surface area contributed by atoms with Gasteiger partial charge in [0.1, 0.15) is 5.78 Å². The number of ketones is 2. The highest BCUT2D eigenvalue weighted by molar-refractivity contribution is 8.00. The molecule has 0 radical (unpaired) electrons. The van der Waals surface area contributed by atoms with Crippen molar-refractivity contribution in [3.63, 3.8) is 0 Å². The van der Waals surface area contributed by atoms with Crippen LogP contribution < -0.4 is 0 Å². The molecule has 0 amide bonds. The molecule has 0 aliphatic heterocycles. The van der Waals surface area contributed by atoms with Crippen LogP contribution in [0.25, 0.3) is 0 Å². The van der Waals surface area contributed by atoms with E-state index in [2.05, 4.69) is 6.92 Å². The van der Waals surface area contributed by atoms with Crippen LogP contribution in [-0.2, 0) is 4.79 Å². The molecule has 1 atom stereocenters. The van der Waals surface area contributed by atoms with Gasteiger partial charge < -0.3 is 0 Å². The number of Topliss-reactive ketones (excluding diaryl/α,β-unsaturated/α-hetero) is 2. The minimum absolute atomic E-state index is 0.154. The van der Waals surface area contributed by atoms with Crippen molar-refractivity contribution in [3.05, 3.63) is 35.9 Å². The van der Waals surface area contributed by atoms with E-state index in [1.54, 1.807) is 11.8 Å². The molecule has 1 aromatic carbocycles. The topological polar surface area (TPSA) is 34.1 Å². The fourth-order valence-electron chi connectivity index (χ4n) is 1.98. The van der Waals surface area contributed by atoms with Gasteiger partial charge >= 0.3 is 0 Å². The summed E-state index contributed by atoms with van der Waals surface area (Å²) in [5, 5.41) is 0.287. The molecule has 0 aromatic heterocycles. The molecule has 0 saturated heterocycles. The van der Waals surface area contributed by atoms with E-state index in [1.165, 1.54) is 0 Å². The van der Waals surface area contributed by atoms with Gasteiger partial charge in [-0.3, -0.25) is 9.59 Å². The Morgan fingerprint density at radius 2 is 1.85 bits per heavy atom. The predicted molar refractivity (Wildman–Crippen MR) is 86.5 cm³/mol. The summed E-state index contributed by atoms with van der Waals surface area (Å²) in [6.07, 6.45) is 4.46. The van der Waals surface area contributed by atoms with Crippen molar-refractivity contribution in [2.24, 2.45) is 0 Å².